The number of carbonyl (C=O) groups is 1. The molecular weight excluding hydrogens is 396 g/mol. The van der Waals surface area contributed by atoms with Crippen molar-refractivity contribution in [1.82, 2.24) is 30.8 Å². The maximum atomic E-state index is 12.4. The van der Waals surface area contributed by atoms with E-state index in [1.54, 1.807) is 6.20 Å². The number of benzene rings is 1. The van der Waals surface area contributed by atoms with E-state index in [0.29, 0.717) is 30.5 Å². The Bertz CT molecular complexity index is 1050. The van der Waals surface area contributed by atoms with Crippen LogP contribution in [0.25, 0.3) is 23.0 Å². The van der Waals surface area contributed by atoms with Crippen molar-refractivity contribution in [1.29, 1.82) is 0 Å². The van der Waals surface area contributed by atoms with Gasteiger partial charge in [-0.15, -0.1) is 10.2 Å². The van der Waals surface area contributed by atoms with Crippen LogP contribution in [0.5, 0.6) is 0 Å². The minimum absolute atomic E-state index is 0.0121. The average molecular weight is 422 g/mol. The normalized spacial score (nSPS) is 15.9. The number of anilines is 2. The van der Waals surface area contributed by atoms with Crippen molar-refractivity contribution in [2.24, 2.45) is 0 Å². The van der Waals surface area contributed by atoms with Gasteiger partial charge < -0.3 is 25.7 Å². The van der Waals surface area contributed by atoms with Gasteiger partial charge in [-0.25, -0.2) is 9.97 Å². The lowest BCUT2D eigenvalue weighted by Crippen LogP contribution is -2.43. The highest BCUT2D eigenvalue weighted by Gasteiger charge is 2.32. The second-order valence-electron chi connectivity index (χ2n) is 7.35. The smallest absolute Gasteiger partial charge is 0.270 e. The van der Waals surface area contributed by atoms with Crippen LogP contribution in [-0.2, 0) is 11.3 Å². The van der Waals surface area contributed by atoms with Crippen LogP contribution in [0, 0.1) is 0 Å². The van der Waals surface area contributed by atoms with Crippen molar-refractivity contribution in [3.8, 4) is 23.0 Å². The van der Waals surface area contributed by atoms with E-state index in [-0.39, 0.29) is 23.7 Å². The van der Waals surface area contributed by atoms with Crippen LogP contribution in [0.2, 0.25) is 0 Å². The maximum absolute atomic E-state index is 12.4. The van der Waals surface area contributed by atoms with Gasteiger partial charge in [0.1, 0.15) is 11.9 Å². The molecule has 31 heavy (non-hydrogen) atoms. The molecule has 1 atom stereocenters. The van der Waals surface area contributed by atoms with Crippen LogP contribution in [0.3, 0.4) is 0 Å². The second kappa shape index (κ2) is 9.09. The number of likely N-dealkylation sites (N-methyl/N-ethyl adjacent to an activating group) is 1. The molecule has 1 fully saturated rings. The molecule has 3 heterocycles. The molecule has 2 aromatic heterocycles. The first-order valence-corrected chi connectivity index (χ1v) is 10.4. The molecule has 0 unspecified atom stereocenters. The van der Waals surface area contributed by atoms with Crippen LogP contribution >= 0.6 is 0 Å². The molecule has 0 aliphatic carbocycles. The van der Waals surface area contributed by atoms with Crippen molar-refractivity contribution in [3.05, 3.63) is 36.0 Å². The standard InChI is InChI=1S/C21H26N8O2/c1-3-24-19(30)15-5-4-10-29(15)16-12-25-18(22)17(26-16)21-28-27-20(31-21)14-8-6-13(7-9-14)11-23-2/h6-9,12,15,23H,3-5,10-11H2,1-2H3,(H2,22,25)(H,24,30)/t15-/m0/s1. The van der Waals surface area contributed by atoms with E-state index >= 15 is 0 Å². The molecule has 1 amide bonds. The van der Waals surface area contributed by atoms with E-state index in [2.05, 4.69) is 30.8 Å². The Morgan fingerprint density at radius 3 is 2.77 bits per heavy atom. The number of hydrogen-bond donors (Lipinski definition) is 3. The van der Waals surface area contributed by atoms with Crippen molar-refractivity contribution >= 4 is 17.5 Å². The molecule has 0 spiro atoms. The molecular formula is C21H26N8O2. The minimum Gasteiger partial charge on any atom is -0.414 e. The zero-order valence-electron chi connectivity index (χ0n) is 17.6. The molecule has 1 saturated heterocycles. The second-order valence-corrected chi connectivity index (χ2v) is 7.35. The van der Waals surface area contributed by atoms with E-state index in [4.69, 9.17) is 10.2 Å². The molecule has 10 heteroatoms. The summed E-state index contributed by atoms with van der Waals surface area (Å²) in [5.74, 6) is 1.31. The lowest BCUT2D eigenvalue weighted by atomic mass is 10.1. The van der Waals surface area contributed by atoms with Gasteiger partial charge in [0.15, 0.2) is 11.5 Å². The summed E-state index contributed by atoms with van der Waals surface area (Å²) in [5, 5.41) is 14.3. The molecule has 1 aliphatic heterocycles. The number of nitrogens with zero attached hydrogens (tertiary/aromatic N) is 5. The Hall–Kier alpha value is -3.53. The molecule has 1 aliphatic rings. The highest BCUT2D eigenvalue weighted by atomic mass is 16.4. The molecule has 0 radical (unpaired) electrons. The zero-order valence-corrected chi connectivity index (χ0v) is 17.6. The predicted molar refractivity (Wildman–Crippen MR) is 117 cm³/mol. The topological polar surface area (TPSA) is 135 Å². The van der Waals surface area contributed by atoms with Gasteiger partial charge in [-0.05, 0) is 44.5 Å². The summed E-state index contributed by atoms with van der Waals surface area (Å²) in [4.78, 5) is 23.2. The highest BCUT2D eigenvalue weighted by Crippen LogP contribution is 2.30. The number of nitrogens with two attached hydrogens (primary N) is 1. The van der Waals surface area contributed by atoms with Crippen LogP contribution in [0.15, 0.2) is 34.9 Å². The molecule has 1 aromatic carbocycles. The Balaban J connectivity index is 1.60. The number of aromatic nitrogens is 4. The first kappa shape index (κ1) is 20.7. The van der Waals surface area contributed by atoms with E-state index in [9.17, 15) is 4.79 Å². The van der Waals surface area contributed by atoms with E-state index in [1.165, 1.54) is 0 Å². The Kier molecular flexibility index (Phi) is 6.08. The third-order valence-electron chi connectivity index (χ3n) is 5.20. The number of nitrogens with one attached hydrogen (secondary N) is 2. The van der Waals surface area contributed by atoms with Crippen molar-refractivity contribution < 1.29 is 9.21 Å². The Morgan fingerprint density at radius 1 is 1.26 bits per heavy atom. The van der Waals surface area contributed by atoms with Gasteiger partial charge >= 0.3 is 0 Å². The summed E-state index contributed by atoms with van der Waals surface area (Å²) < 4.78 is 5.85. The van der Waals surface area contributed by atoms with Crippen molar-refractivity contribution in [3.63, 3.8) is 0 Å². The fraction of sp³-hybridized carbons (Fsp3) is 0.381. The lowest BCUT2D eigenvalue weighted by molar-refractivity contribution is -0.122. The highest BCUT2D eigenvalue weighted by molar-refractivity contribution is 5.85. The third-order valence-corrected chi connectivity index (χ3v) is 5.20. The number of carbonyl (C=O) groups excluding carboxylic acids is 1. The summed E-state index contributed by atoms with van der Waals surface area (Å²) in [7, 11) is 1.90. The Morgan fingerprint density at radius 2 is 2.03 bits per heavy atom. The lowest BCUT2D eigenvalue weighted by Gasteiger charge is -2.24. The predicted octanol–water partition coefficient (Wildman–Crippen LogP) is 1.60. The van der Waals surface area contributed by atoms with Gasteiger partial charge in [0.05, 0.1) is 6.20 Å². The largest absolute Gasteiger partial charge is 0.414 e. The van der Waals surface area contributed by atoms with Gasteiger partial charge in [-0.2, -0.15) is 0 Å². The molecule has 3 aromatic rings. The fourth-order valence-electron chi connectivity index (χ4n) is 3.70. The van der Waals surface area contributed by atoms with Crippen molar-refractivity contribution in [2.75, 3.05) is 30.8 Å². The first-order valence-electron chi connectivity index (χ1n) is 10.4. The number of rotatable bonds is 7. The Labute approximate surface area is 180 Å². The molecule has 0 saturated carbocycles. The van der Waals surface area contributed by atoms with Crippen LogP contribution < -0.4 is 21.3 Å². The van der Waals surface area contributed by atoms with E-state index < -0.39 is 0 Å². The van der Waals surface area contributed by atoms with Gasteiger partial charge in [0.2, 0.25) is 11.8 Å². The molecule has 4 N–H and O–H groups in total. The fourth-order valence-corrected chi connectivity index (χ4v) is 3.70. The first-order chi connectivity index (χ1) is 15.1. The summed E-state index contributed by atoms with van der Waals surface area (Å²) in [6.45, 7) is 3.98. The monoisotopic (exact) mass is 422 g/mol. The van der Waals surface area contributed by atoms with Crippen LogP contribution in [0.1, 0.15) is 25.3 Å². The molecule has 162 valence electrons. The van der Waals surface area contributed by atoms with Crippen LogP contribution in [-0.4, -0.2) is 52.3 Å². The SMILES string of the molecule is CCNC(=O)[C@@H]1CCCN1c1cnc(N)c(-c2nnc(-c3ccc(CNC)cc3)o2)n1. The van der Waals surface area contributed by atoms with Gasteiger partial charge in [0, 0.05) is 25.2 Å². The van der Waals surface area contributed by atoms with Gasteiger partial charge in [-0.1, -0.05) is 12.1 Å². The summed E-state index contributed by atoms with van der Waals surface area (Å²) in [5.41, 5.74) is 8.32. The minimum atomic E-state index is -0.278. The number of hydrogen-bond acceptors (Lipinski definition) is 9. The number of nitrogen functional groups attached to an aromatic ring is 1. The third kappa shape index (κ3) is 4.33. The van der Waals surface area contributed by atoms with E-state index in [1.807, 2.05) is 43.1 Å². The number of amides is 1. The molecule has 0 bridgehead atoms. The molecule has 10 nitrogen and oxygen atoms in total. The van der Waals surface area contributed by atoms with E-state index in [0.717, 1.165) is 30.5 Å². The average Bonchev–Trinajstić information content (AvgIpc) is 3.45. The summed E-state index contributed by atoms with van der Waals surface area (Å²) in [6.07, 6.45) is 3.24. The van der Waals surface area contributed by atoms with Gasteiger partial charge in [-0.3, -0.25) is 4.79 Å². The molecule has 4 rings (SSSR count). The quantitative estimate of drug-likeness (QED) is 0.519. The zero-order chi connectivity index (χ0) is 21.8. The maximum Gasteiger partial charge on any atom is 0.270 e. The van der Waals surface area contributed by atoms with Crippen LogP contribution in [0.4, 0.5) is 11.6 Å². The van der Waals surface area contributed by atoms with Gasteiger partial charge in [0.25, 0.3) is 5.89 Å². The summed E-state index contributed by atoms with van der Waals surface area (Å²) >= 11 is 0. The van der Waals surface area contributed by atoms with Crippen molar-refractivity contribution in [2.45, 2.75) is 32.4 Å². The summed E-state index contributed by atoms with van der Waals surface area (Å²) in [6, 6.07) is 7.58.